The van der Waals surface area contributed by atoms with Crippen LogP contribution >= 0.6 is 0 Å². The molecule has 0 heterocycles. The molecule has 0 bridgehead atoms. The number of carbonyl (C=O) groups is 1. The highest BCUT2D eigenvalue weighted by molar-refractivity contribution is 6.04. The highest BCUT2D eigenvalue weighted by Crippen LogP contribution is 2.24. The molecule has 0 spiro atoms. The number of ether oxygens (including phenoxy) is 2. The van der Waals surface area contributed by atoms with E-state index < -0.39 is 0 Å². The first-order valence-corrected chi connectivity index (χ1v) is 8.36. The molecule has 0 aromatic heterocycles. The molecule has 132 valence electrons. The molecule has 1 N–H and O–H groups in total. The first kappa shape index (κ1) is 17.5. The van der Waals surface area contributed by atoms with E-state index in [9.17, 15) is 4.79 Å². The number of carbonyl (C=O) groups excluding carboxylic acids is 1. The van der Waals surface area contributed by atoms with Crippen molar-refractivity contribution in [3.63, 3.8) is 0 Å². The molecule has 0 unspecified atom stereocenters. The normalized spacial score (nSPS) is 10.3. The Morgan fingerprint density at radius 2 is 1.38 bits per heavy atom. The number of nitrogens with one attached hydrogen (secondary N) is 1. The van der Waals surface area contributed by atoms with E-state index in [1.54, 1.807) is 31.4 Å². The van der Waals surface area contributed by atoms with Crippen LogP contribution < -0.4 is 14.8 Å². The zero-order valence-electron chi connectivity index (χ0n) is 15.1. The lowest BCUT2D eigenvalue weighted by atomic mass is 10.1. The summed E-state index contributed by atoms with van der Waals surface area (Å²) < 4.78 is 10.9. The van der Waals surface area contributed by atoms with Crippen molar-refractivity contribution in [2.45, 2.75) is 13.8 Å². The summed E-state index contributed by atoms with van der Waals surface area (Å²) in [7, 11) is 1.62. The maximum atomic E-state index is 12.4. The summed E-state index contributed by atoms with van der Waals surface area (Å²) >= 11 is 0. The van der Waals surface area contributed by atoms with Crippen molar-refractivity contribution in [3.05, 3.63) is 83.4 Å². The Labute approximate surface area is 153 Å². The van der Waals surface area contributed by atoms with Crippen molar-refractivity contribution in [2.75, 3.05) is 12.4 Å². The first-order chi connectivity index (χ1) is 12.5. The van der Waals surface area contributed by atoms with E-state index in [4.69, 9.17) is 9.47 Å². The average molecular weight is 347 g/mol. The topological polar surface area (TPSA) is 47.6 Å². The molecule has 0 atom stereocenters. The van der Waals surface area contributed by atoms with E-state index in [-0.39, 0.29) is 5.91 Å². The molecule has 1 amide bonds. The monoisotopic (exact) mass is 347 g/mol. The minimum Gasteiger partial charge on any atom is -0.497 e. The number of anilines is 1. The van der Waals surface area contributed by atoms with Gasteiger partial charge in [-0.2, -0.15) is 0 Å². The summed E-state index contributed by atoms with van der Waals surface area (Å²) in [6.45, 7) is 4.01. The molecule has 0 fully saturated rings. The number of hydrogen-bond acceptors (Lipinski definition) is 3. The van der Waals surface area contributed by atoms with Gasteiger partial charge in [0, 0.05) is 11.3 Å². The maximum Gasteiger partial charge on any atom is 0.255 e. The molecule has 0 radical (unpaired) electrons. The van der Waals surface area contributed by atoms with Gasteiger partial charge in [-0.05, 0) is 74.0 Å². The highest BCUT2D eigenvalue weighted by Gasteiger charge is 2.08. The number of rotatable bonds is 5. The number of hydrogen-bond donors (Lipinski definition) is 1. The molecule has 3 aromatic carbocycles. The van der Waals surface area contributed by atoms with Crippen LogP contribution in [0.3, 0.4) is 0 Å². The zero-order valence-corrected chi connectivity index (χ0v) is 15.1. The van der Waals surface area contributed by atoms with E-state index in [1.165, 1.54) is 5.56 Å². The van der Waals surface area contributed by atoms with Gasteiger partial charge in [0.1, 0.15) is 17.2 Å². The van der Waals surface area contributed by atoms with Gasteiger partial charge in [0.2, 0.25) is 0 Å². The van der Waals surface area contributed by atoms with Gasteiger partial charge in [-0.1, -0.05) is 17.7 Å². The molecule has 4 heteroatoms. The summed E-state index contributed by atoms with van der Waals surface area (Å²) in [4.78, 5) is 12.4. The fraction of sp³-hybridized carbons (Fsp3) is 0.136. The van der Waals surface area contributed by atoms with Crippen LogP contribution in [0.2, 0.25) is 0 Å². The van der Waals surface area contributed by atoms with E-state index in [2.05, 4.69) is 5.32 Å². The van der Waals surface area contributed by atoms with Gasteiger partial charge in [0.25, 0.3) is 5.91 Å². The Morgan fingerprint density at radius 1 is 0.808 bits per heavy atom. The third kappa shape index (κ3) is 4.22. The molecule has 0 saturated carbocycles. The van der Waals surface area contributed by atoms with Gasteiger partial charge in [-0.3, -0.25) is 4.79 Å². The number of amides is 1. The van der Waals surface area contributed by atoms with Crippen molar-refractivity contribution in [3.8, 4) is 17.2 Å². The van der Waals surface area contributed by atoms with Crippen molar-refractivity contribution >= 4 is 11.6 Å². The summed E-state index contributed by atoms with van der Waals surface area (Å²) in [5, 5.41) is 2.94. The SMILES string of the molecule is COc1ccc(Oc2ccc(C(=O)Nc3ccc(C)cc3C)cc2)cc1. The van der Waals surface area contributed by atoms with Crippen molar-refractivity contribution in [1.82, 2.24) is 0 Å². The van der Waals surface area contributed by atoms with Gasteiger partial charge in [0.05, 0.1) is 7.11 Å². The summed E-state index contributed by atoms with van der Waals surface area (Å²) in [5.41, 5.74) is 3.60. The largest absolute Gasteiger partial charge is 0.497 e. The van der Waals surface area contributed by atoms with Gasteiger partial charge < -0.3 is 14.8 Å². The van der Waals surface area contributed by atoms with E-state index in [1.807, 2.05) is 56.3 Å². The minimum atomic E-state index is -0.145. The lowest BCUT2D eigenvalue weighted by molar-refractivity contribution is 0.102. The van der Waals surface area contributed by atoms with Crippen LogP contribution in [0.1, 0.15) is 21.5 Å². The molecule has 0 aliphatic carbocycles. The van der Waals surface area contributed by atoms with Crippen LogP contribution in [0.5, 0.6) is 17.2 Å². The Morgan fingerprint density at radius 3 is 1.96 bits per heavy atom. The third-order valence-electron chi connectivity index (χ3n) is 4.04. The molecular formula is C22H21NO3. The van der Waals surface area contributed by atoms with Crippen molar-refractivity contribution in [1.29, 1.82) is 0 Å². The first-order valence-electron chi connectivity index (χ1n) is 8.36. The van der Waals surface area contributed by atoms with Crippen molar-refractivity contribution < 1.29 is 14.3 Å². The van der Waals surface area contributed by atoms with Crippen molar-refractivity contribution in [2.24, 2.45) is 0 Å². The molecule has 3 aromatic rings. The quantitative estimate of drug-likeness (QED) is 0.676. The molecule has 0 aliphatic rings. The van der Waals surface area contributed by atoms with Crippen LogP contribution in [-0.4, -0.2) is 13.0 Å². The maximum absolute atomic E-state index is 12.4. The standard InChI is InChI=1S/C22H21NO3/c1-15-4-13-21(16(2)14-15)23-22(24)17-5-7-19(8-6-17)26-20-11-9-18(25-3)10-12-20/h4-14H,1-3H3,(H,23,24). The van der Waals surface area contributed by atoms with E-state index in [0.29, 0.717) is 17.1 Å². The van der Waals surface area contributed by atoms with Crippen LogP contribution in [0.4, 0.5) is 5.69 Å². The van der Waals surface area contributed by atoms with Gasteiger partial charge in [-0.25, -0.2) is 0 Å². The summed E-state index contributed by atoms with van der Waals surface area (Å²) in [5.74, 6) is 2.00. The smallest absolute Gasteiger partial charge is 0.255 e. The van der Waals surface area contributed by atoms with Crippen LogP contribution in [0.15, 0.2) is 66.7 Å². The van der Waals surface area contributed by atoms with Gasteiger partial charge in [-0.15, -0.1) is 0 Å². The van der Waals surface area contributed by atoms with Gasteiger partial charge in [0.15, 0.2) is 0 Å². The predicted molar refractivity (Wildman–Crippen MR) is 103 cm³/mol. The third-order valence-corrected chi connectivity index (χ3v) is 4.04. The molecular weight excluding hydrogens is 326 g/mol. The van der Waals surface area contributed by atoms with Crippen LogP contribution in [0, 0.1) is 13.8 Å². The molecule has 0 saturated heterocycles. The van der Waals surface area contributed by atoms with Crippen LogP contribution in [0.25, 0.3) is 0 Å². The average Bonchev–Trinajstić information content (AvgIpc) is 2.65. The highest BCUT2D eigenvalue weighted by atomic mass is 16.5. The van der Waals surface area contributed by atoms with E-state index in [0.717, 1.165) is 17.0 Å². The fourth-order valence-electron chi connectivity index (χ4n) is 2.60. The molecule has 3 rings (SSSR count). The Hall–Kier alpha value is -3.27. The second-order valence-electron chi connectivity index (χ2n) is 6.07. The number of aryl methyl sites for hydroxylation is 2. The van der Waals surface area contributed by atoms with Gasteiger partial charge >= 0.3 is 0 Å². The Balaban J connectivity index is 1.67. The number of methoxy groups -OCH3 is 1. The number of benzene rings is 3. The minimum absolute atomic E-state index is 0.145. The Kier molecular flexibility index (Phi) is 5.23. The second-order valence-corrected chi connectivity index (χ2v) is 6.07. The predicted octanol–water partition coefficient (Wildman–Crippen LogP) is 5.36. The van der Waals surface area contributed by atoms with Crippen LogP contribution in [-0.2, 0) is 0 Å². The summed E-state index contributed by atoms with van der Waals surface area (Å²) in [6.07, 6.45) is 0. The molecule has 0 aliphatic heterocycles. The zero-order chi connectivity index (χ0) is 18.5. The molecule has 4 nitrogen and oxygen atoms in total. The lowest BCUT2D eigenvalue weighted by Crippen LogP contribution is -2.12. The van der Waals surface area contributed by atoms with E-state index >= 15 is 0 Å². The fourth-order valence-corrected chi connectivity index (χ4v) is 2.60. The second kappa shape index (κ2) is 7.74. The Bertz CT molecular complexity index is 900. The molecule has 26 heavy (non-hydrogen) atoms. The lowest BCUT2D eigenvalue weighted by Gasteiger charge is -2.10. The summed E-state index contributed by atoms with van der Waals surface area (Å²) in [6, 6.07) is 20.3.